The fourth-order valence-electron chi connectivity index (χ4n) is 3.01. The van der Waals surface area contributed by atoms with Gasteiger partial charge < -0.3 is 19.7 Å². The molecule has 0 radical (unpaired) electrons. The van der Waals surface area contributed by atoms with Crippen molar-refractivity contribution >= 4 is 12.0 Å². The molecule has 1 atom stereocenters. The lowest BCUT2D eigenvalue weighted by Crippen LogP contribution is -2.49. The van der Waals surface area contributed by atoms with E-state index in [-0.39, 0.29) is 17.9 Å². The number of hydrogen-bond donors (Lipinski definition) is 1. The lowest BCUT2D eigenvalue weighted by atomic mass is 9.97. The summed E-state index contributed by atoms with van der Waals surface area (Å²) in [6, 6.07) is 7.74. The Hall–Kier alpha value is -2.24. The smallest absolute Gasteiger partial charge is 0.320 e. The van der Waals surface area contributed by atoms with Gasteiger partial charge in [0.15, 0.2) is 6.23 Å². The van der Waals surface area contributed by atoms with Gasteiger partial charge in [-0.15, -0.1) is 0 Å². The zero-order valence-corrected chi connectivity index (χ0v) is 16.2. The Bertz CT molecular complexity index is 592. The summed E-state index contributed by atoms with van der Waals surface area (Å²) in [4.78, 5) is 25.8. The van der Waals surface area contributed by atoms with Crippen LogP contribution in [0, 0.1) is 5.92 Å². The molecule has 26 heavy (non-hydrogen) atoms. The molecule has 2 rings (SSSR count). The minimum Gasteiger partial charge on any atom is -0.471 e. The van der Waals surface area contributed by atoms with Crippen LogP contribution in [-0.4, -0.2) is 42.8 Å². The predicted octanol–water partition coefficient (Wildman–Crippen LogP) is 3.52. The topological polar surface area (TPSA) is 67.9 Å². The van der Waals surface area contributed by atoms with Crippen molar-refractivity contribution in [3.63, 3.8) is 0 Å². The maximum absolute atomic E-state index is 12.4. The number of benzene rings is 1. The summed E-state index contributed by atoms with van der Waals surface area (Å²) in [6.07, 6.45) is 0.839. The monoisotopic (exact) mass is 362 g/mol. The number of likely N-dealkylation sites (tertiary alicyclic amines) is 1. The summed E-state index contributed by atoms with van der Waals surface area (Å²) >= 11 is 0. The van der Waals surface area contributed by atoms with Gasteiger partial charge in [0.2, 0.25) is 0 Å². The fraction of sp³-hybridized carbons (Fsp3) is 0.600. The molecule has 0 saturated carbocycles. The van der Waals surface area contributed by atoms with E-state index in [1.54, 1.807) is 18.7 Å². The van der Waals surface area contributed by atoms with Gasteiger partial charge in [0.05, 0.1) is 12.5 Å². The average molecular weight is 362 g/mol. The van der Waals surface area contributed by atoms with Crippen molar-refractivity contribution in [1.29, 1.82) is 0 Å². The Labute approximate surface area is 155 Å². The summed E-state index contributed by atoms with van der Waals surface area (Å²) < 4.78 is 10.8. The zero-order valence-electron chi connectivity index (χ0n) is 16.2. The summed E-state index contributed by atoms with van der Waals surface area (Å²) in [7, 11) is 0. The first kappa shape index (κ1) is 20.1. The number of rotatable bonds is 6. The van der Waals surface area contributed by atoms with Gasteiger partial charge >= 0.3 is 12.0 Å². The summed E-state index contributed by atoms with van der Waals surface area (Å²) in [5.41, 5.74) is 1.25. The molecule has 2 amide bonds. The van der Waals surface area contributed by atoms with E-state index in [2.05, 4.69) is 19.2 Å². The van der Waals surface area contributed by atoms with Crippen LogP contribution in [0.3, 0.4) is 0 Å². The number of esters is 1. The molecule has 1 N–H and O–H groups in total. The highest BCUT2D eigenvalue weighted by atomic mass is 16.5. The lowest BCUT2D eigenvalue weighted by Gasteiger charge is -2.31. The van der Waals surface area contributed by atoms with Gasteiger partial charge in [-0.2, -0.15) is 0 Å². The molecule has 0 spiro atoms. The molecular weight excluding hydrogens is 332 g/mol. The van der Waals surface area contributed by atoms with Crippen molar-refractivity contribution in [2.45, 2.75) is 52.7 Å². The molecule has 144 valence electrons. The first-order valence-electron chi connectivity index (χ1n) is 9.39. The highest BCUT2D eigenvalue weighted by molar-refractivity contribution is 5.76. The normalized spacial score (nSPS) is 16.3. The summed E-state index contributed by atoms with van der Waals surface area (Å²) in [6.45, 7) is 9.38. The third-order valence-corrected chi connectivity index (χ3v) is 4.59. The quantitative estimate of drug-likeness (QED) is 0.621. The van der Waals surface area contributed by atoms with Gasteiger partial charge in [-0.3, -0.25) is 4.79 Å². The Balaban J connectivity index is 1.77. The van der Waals surface area contributed by atoms with Gasteiger partial charge in [-0.1, -0.05) is 26.0 Å². The second-order valence-electron chi connectivity index (χ2n) is 6.95. The number of amides is 2. The molecule has 1 fully saturated rings. The number of carbonyl (C=O) groups excluding carboxylic acids is 2. The Kier molecular flexibility index (Phi) is 7.30. The first-order chi connectivity index (χ1) is 12.4. The molecule has 1 aromatic carbocycles. The maximum atomic E-state index is 12.4. The van der Waals surface area contributed by atoms with E-state index in [9.17, 15) is 9.59 Å². The van der Waals surface area contributed by atoms with E-state index < -0.39 is 6.23 Å². The number of hydrogen-bond acceptors (Lipinski definition) is 4. The van der Waals surface area contributed by atoms with Crippen LogP contribution in [-0.2, 0) is 9.53 Å². The van der Waals surface area contributed by atoms with Crippen molar-refractivity contribution in [2.24, 2.45) is 5.92 Å². The summed E-state index contributed by atoms with van der Waals surface area (Å²) in [5.74, 6) is 0.934. The molecule has 6 heteroatoms. The molecule has 1 unspecified atom stereocenters. The van der Waals surface area contributed by atoms with E-state index in [4.69, 9.17) is 9.47 Å². The predicted molar refractivity (Wildman–Crippen MR) is 100 cm³/mol. The van der Waals surface area contributed by atoms with Gasteiger partial charge in [-0.05, 0) is 50.3 Å². The zero-order chi connectivity index (χ0) is 19.1. The van der Waals surface area contributed by atoms with E-state index in [0.29, 0.717) is 38.5 Å². The van der Waals surface area contributed by atoms with Crippen LogP contribution < -0.4 is 10.1 Å². The molecule has 1 saturated heterocycles. The molecule has 0 aliphatic carbocycles. The third kappa shape index (κ3) is 5.64. The van der Waals surface area contributed by atoms with Crippen LogP contribution in [0.15, 0.2) is 24.3 Å². The highest BCUT2D eigenvalue weighted by Crippen LogP contribution is 2.20. The molecule has 1 aliphatic rings. The Morgan fingerprint density at radius 1 is 1.15 bits per heavy atom. The van der Waals surface area contributed by atoms with Gasteiger partial charge in [0, 0.05) is 13.1 Å². The minimum atomic E-state index is -0.435. The van der Waals surface area contributed by atoms with Gasteiger partial charge in [0.25, 0.3) is 0 Å². The first-order valence-corrected chi connectivity index (χ1v) is 9.39. The molecule has 0 aromatic heterocycles. The number of urea groups is 1. The number of carbonyl (C=O) groups is 2. The standard InChI is InChI=1S/C20H30N2O4/c1-5-25-19(23)17-10-12-22(13-11-17)20(24)21-15(4)26-18-8-6-16(7-9-18)14(2)3/h6-9,14-15,17H,5,10-13H2,1-4H3,(H,21,24). The van der Waals surface area contributed by atoms with Crippen molar-refractivity contribution in [3.05, 3.63) is 29.8 Å². The fourth-order valence-corrected chi connectivity index (χ4v) is 3.01. The van der Waals surface area contributed by atoms with Gasteiger partial charge in [0.1, 0.15) is 5.75 Å². The molecule has 1 heterocycles. The van der Waals surface area contributed by atoms with Crippen molar-refractivity contribution < 1.29 is 19.1 Å². The number of piperidine rings is 1. The van der Waals surface area contributed by atoms with E-state index >= 15 is 0 Å². The third-order valence-electron chi connectivity index (χ3n) is 4.59. The molecule has 0 bridgehead atoms. The number of ether oxygens (including phenoxy) is 2. The second kappa shape index (κ2) is 9.46. The van der Waals surface area contributed by atoms with Crippen molar-refractivity contribution in [1.82, 2.24) is 10.2 Å². The molecule has 1 aliphatic heterocycles. The largest absolute Gasteiger partial charge is 0.471 e. The van der Waals surface area contributed by atoms with Crippen LogP contribution in [0.2, 0.25) is 0 Å². The second-order valence-corrected chi connectivity index (χ2v) is 6.95. The SMILES string of the molecule is CCOC(=O)C1CCN(C(=O)NC(C)Oc2ccc(C(C)C)cc2)CC1. The lowest BCUT2D eigenvalue weighted by molar-refractivity contribution is -0.149. The van der Waals surface area contributed by atoms with E-state index in [0.717, 1.165) is 5.75 Å². The van der Waals surface area contributed by atoms with Crippen LogP contribution in [0.5, 0.6) is 5.75 Å². The molecular formula is C20H30N2O4. The van der Waals surface area contributed by atoms with Crippen LogP contribution in [0.4, 0.5) is 4.79 Å². The van der Waals surface area contributed by atoms with Crippen LogP contribution >= 0.6 is 0 Å². The van der Waals surface area contributed by atoms with Crippen molar-refractivity contribution in [3.8, 4) is 5.75 Å². The van der Waals surface area contributed by atoms with E-state index in [1.165, 1.54) is 5.56 Å². The number of nitrogens with one attached hydrogen (secondary N) is 1. The van der Waals surface area contributed by atoms with E-state index in [1.807, 2.05) is 24.3 Å². The van der Waals surface area contributed by atoms with Crippen LogP contribution in [0.1, 0.15) is 52.0 Å². The molecule has 6 nitrogen and oxygen atoms in total. The molecule has 1 aromatic rings. The number of nitrogens with zero attached hydrogens (tertiary/aromatic N) is 1. The van der Waals surface area contributed by atoms with Crippen LogP contribution in [0.25, 0.3) is 0 Å². The Morgan fingerprint density at radius 2 is 1.77 bits per heavy atom. The average Bonchev–Trinajstić information content (AvgIpc) is 2.62. The highest BCUT2D eigenvalue weighted by Gasteiger charge is 2.28. The minimum absolute atomic E-state index is 0.104. The summed E-state index contributed by atoms with van der Waals surface area (Å²) in [5, 5.41) is 2.85. The van der Waals surface area contributed by atoms with Gasteiger partial charge in [-0.25, -0.2) is 4.79 Å². The maximum Gasteiger partial charge on any atom is 0.320 e. The van der Waals surface area contributed by atoms with Crippen molar-refractivity contribution in [2.75, 3.05) is 19.7 Å². The Morgan fingerprint density at radius 3 is 2.31 bits per heavy atom.